The quantitative estimate of drug-likeness (QED) is 0.578. The van der Waals surface area contributed by atoms with Crippen molar-refractivity contribution in [3.8, 4) is 0 Å². The zero-order chi connectivity index (χ0) is 22.6. The van der Waals surface area contributed by atoms with Crippen molar-refractivity contribution >= 4 is 35.5 Å². The lowest BCUT2D eigenvalue weighted by Gasteiger charge is -1.80. The topological polar surface area (TPSA) is 120 Å². The largest absolute Gasteiger partial charge is 0.469 e. The number of rotatable bonds is 0. The molecule has 0 aromatic rings. The first kappa shape index (κ1) is 39.3. The molecule has 0 rings (SSSR count). The Kier molecular flexibility index (Phi) is 65.9. The fourth-order valence-corrected chi connectivity index (χ4v) is 0. The van der Waals surface area contributed by atoms with Gasteiger partial charge in [-0.2, -0.15) is 11.8 Å². The van der Waals surface area contributed by atoms with Crippen molar-refractivity contribution in [3.63, 3.8) is 0 Å². The minimum Gasteiger partial charge on any atom is -0.469 e. The Hall–Kier alpha value is -1.81. The molecule has 0 atom stereocenters. The van der Waals surface area contributed by atoms with Crippen LogP contribution in [-0.4, -0.2) is 78.8 Å². The van der Waals surface area contributed by atoms with Gasteiger partial charge in [0.25, 0.3) is 0 Å². The first-order valence-corrected chi connectivity index (χ1v) is 8.81. The molecule has 9 nitrogen and oxygen atoms in total. The van der Waals surface area contributed by atoms with Crippen molar-refractivity contribution < 1.29 is 33.4 Å². The third-order valence-corrected chi connectivity index (χ3v) is 1.28. The molecule has 0 aliphatic rings. The van der Waals surface area contributed by atoms with Crippen LogP contribution in [0.25, 0.3) is 0 Å². The Morgan fingerprint density at radius 2 is 0.731 bits per heavy atom. The Morgan fingerprint density at radius 1 is 0.654 bits per heavy atom. The number of thioether (sulfide) groups is 1. The molecule has 2 N–H and O–H groups in total. The van der Waals surface area contributed by atoms with Gasteiger partial charge in [-0.05, 0) is 12.5 Å². The van der Waals surface area contributed by atoms with Gasteiger partial charge < -0.3 is 24.8 Å². The highest BCUT2D eigenvalue weighted by molar-refractivity contribution is 7.97. The molecule has 0 spiro atoms. The SMILES string of the molecule is CNC(C)=O.CNC(C)=O.COC.COC(C)=O.COC(C)=O.CSC. The van der Waals surface area contributed by atoms with Crippen LogP contribution in [0, 0.1) is 0 Å². The highest BCUT2D eigenvalue weighted by Crippen LogP contribution is 1.70. The lowest BCUT2D eigenvalue weighted by Crippen LogP contribution is -2.11. The first-order chi connectivity index (χ1) is 11.9. The normalized spacial score (nSPS) is 6.62. The second kappa shape index (κ2) is 43.6. The first-order valence-electron chi connectivity index (χ1n) is 7.17. The summed E-state index contributed by atoms with van der Waals surface area (Å²) in [6, 6.07) is 0. The number of carbonyl (C=O) groups is 4. The van der Waals surface area contributed by atoms with E-state index in [2.05, 4.69) is 24.8 Å². The van der Waals surface area contributed by atoms with Crippen LogP contribution in [0.3, 0.4) is 0 Å². The lowest BCUT2D eigenvalue weighted by molar-refractivity contribution is -0.138. The Bertz CT molecular complexity index is 257. The second-order valence-corrected chi connectivity index (χ2v) is 4.64. The lowest BCUT2D eigenvalue weighted by atomic mass is 10.7. The number of ether oxygens (including phenoxy) is 3. The summed E-state index contributed by atoms with van der Waals surface area (Å²) in [6.45, 7) is 5.67. The van der Waals surface area contributed by atoms with E-state index >= 15 is 0 Å². The van der Waals surface area contributed by atoms with E-state index in [0.29, 0.717) is 0 Å². The summed E-state index contributed by atoms with van der Waals surface area (Å²) in [5, 5.41) is 4.78. The van der Waals surface area contributed by atoms with Gasteiger partial charge in [0, 0.05) is 56.0 Å². The van der Waals surface area contributed by atoms with E-state index < -0.39 is 0 Å². The minimum absolute atomic E-state index is 0.00463. The van der Waals surface area contributed by atoms with E-state index in [1.807, 2.05) is 12.5 Å². The maximum atomic E-state index is 9.70. The average molecular weight is 403 g/mol. The van der Waals surface area contributed by atoms with Crippen LogP contribution >= 0.6 is 11.8 Å². The molecule has 0 aromatic heterocycles. The van der Waals surface area contributed by atoms with E-state index in [1.165, 1.54) is 41.9 Å². The van der Waals surface area contributed by atoms with Crippen LogP contribution in [0.2, 0.25) is 0 Å². The van der Waals surface area contributed by atoms with Gasteiger partial charge in [0.1, 0.15) is 0 Å². The van der Waals surface area contributed by atoms with Gasteiger partial charge in [0.2, 0.25) is 11.8 Å². The van der Waals surface area contributed by atoms with E-state index in [-0.39, 0.29) is 23.8 Å². The summed E-state index contributed by atoms with van der Waals surface area (Å²) >= 11 is 1.75. The molecule has 10 heteroatoms. The Balaban J connectivity index is -0.0000000468. The van der Waals surface area contributed by atoms with Gasteiger partial charge in [-0.15, -0.1) is 0 Å². The monoisotopic (exact) mass is 402 g/mol. The molecule has 0 saturated heterocycles. The molecule has 0 aliphatic carbocycles. The molecule has 26 heavy (non-hydrogen) atoms. The van der Waals surface area contributed by atoms with Gasteiger partial charge in [-0.25, -0.2) is 0 Å². The maximum absolute atomic E-state index is 9.70. The maximum Gasteiger partial charge on any atom is 0.302 e. The third kappa shape index (κ3) is 260. The number of esters is 2. The fraction of sp³-hybridized carbons (Fsp3) is 0.750. The summed E-state index contributed by atoms with van der Waals surface area (Å²) in [6.07, 6.45) is 4.08. The van der Waals surface area contributed by atoms with Crippen molar-refractivity contribution in [3.05, 3.63) is 0 Å². The van der Waals surface area contributed by atoms with Crippen LogP contribution in [0.15, 0.2) is 0 Å². The van der Waals surface area contributed by atoms with E-state index in [0.717, 1.165) is 0 Å². The molecule has 0 radical (unpaired) electrons. The predicted molar refractivity (Wildman–Crippen MR) is 107 cm³/mol. The summed E-state index contributed by atoms with van der Waals surface area (Å²) in [5.74, 6) is -0.481. The number of hydrogen-bond acceptors (Lipinski definition) is 8. The summed E-state index contributed by atoms with van der Waals surface area (Å²) in [5.41, 5.74) is 0. The Morgan fingerprint density at radius 3 is 0.731 bits per heavy atom. The molecule has 0 aliphatic heterocycles. The van der Waals surface area contributed by atoms with Crippen molar-refractivity contribution in [1.29, 1.82) is 0 Å². The standard InChI is InChI=1S/2C3H7NO.2C3H6O2.C2H6O.C2H6S/c2*1-3(5)4-2;2*1-3(4)5-2;2*1-3-2/h2*1-2H3,(H,4,5);2*1-2H3;2*1-2H3. The molecule has 0 saturated carbocycles. The number of methoxy groups -OCH3 is 3. The van der Waals surface area contributed by atoms with Crippen LogP contribution in [-0.2, 0) is 33.4 Å². The molecule has 160 valence electrons. The third-order valence-electron chi connectivity index (χ3n) is 1.28. The van der Waals surface area contributed by atoms with E-state index in [4.69, 9.17) is 0 Å². The van der Waals surface area contributed by atoms with Crippen LogP contribution in [0.1, 0.15) is 27.7 Å². The van der Waals surface area contributed by atoms with E-state index in [1.54, 1.807) is 40.1 Å². The van der Waals surface area contributed by atoms with Gasteiger partial charge in [-0.3, -0.25) is 19.2 Å². The molecule has 0 bridgehead atoms. The van der Waals surface area contributed by atoms with Gasteiger partial charge in [0.05, 0.1) is 14.2 Å². The van der Waals surface area contributed by atoms with Crippen LogP contribution < -0.4 is 10.6 Å². The zero-order valence-electron chi connectivity index (χ0n) is 18.3. The average Bonchev–Trinajstić information content (AvgIpc) is 2.57. The number of amides is 2. The van der Waals surface area contributed by atoms with Gasteiger partial charge >= 0.3 is 11.9 Å². The van der Waals surface area contributed by atoms with Crippen LogP contribution in [0.4, 0.5) is 0 Å². The van der Waals surface area contributed by atoms with Gasteiger partial charge in [-0.1, -0.05) is 0 Å². The molecule has 0 unspecified atom stereocenters. The molecule has 0 heterocycles. The minimum atomic E-state index is -0.245. The second-order valence-electron chi connectivity index (χ2n) is 3.82. The summed E-state index contributed by atoms with van der Waals surface area (Å²) in [4.78, 5) is 38.6. The molecule has 0 aromatic carbocycles. The zero-order valence-corrected chi connectivity index (χ0v) is 19.1. The number of nitrogens with one attached hydrogen (secondary N) is 2. The Labute approximate surface area is 162 Å². The summed E-state index contributed by atoms with van der Waals surface area (Å²) in [7, 11) is 9.15. The smallest absolute Gasteiger partial charge is 0.302 e. The predicted octanol–water partition coefficient (Wildman–Crippen LogP) is 1.11. The molecule has 2 amide bonds. The van der Waals surface area contributed by atoms with Crippen LogP contribution in [0.5, 0.6) is 0 Å². The van der Waals surface area contributed by atoms with Gasteiger partial charge in [0.15, 0.2) is 0 Å². The highest BCUT2D eigenvalue weighted by atomic mass is 32.2. The number of hydrogen-bond donors (Lipinski definition) is 2. The highest BCUT2D eigenvalue weighted by Gasteiger charge is 1.76. The number of carbonyl (C=O) groups excluding carboxylic acids is 4. The van der Waals surface area contributed by atoms with Crippen molar-refractivity contribution in [1.82, 2.24) is 10.6 Å². The fourth-order valence-electron chi connectivity index (χ4n) is 0. The van der Waals surface area contributed by atoms with Crippen molar-refractivity contribution in [2.24, 2.45) is 0 Å². The molecular weight excluding hydrogens is 364 g/mol. The summed E-state index contributed by atoms with van der Waals surface area (Å²) < 4.78 is 12.5. The van der Waals surface area contributed by atoms with Crippen molar-refractivity contribution in [2.75, 3.05) is 55.0 Å². The van der Waals surface area contributed by atoms with E-state index in [9.17, 15) is 19.2 Å². The van der Waals surface area contributed by atoms with Crippen molar-refractivity contribution in [2.45, 2.75) is 27.7 Å². The molecular formula is C16H38N2O7S. The molecule has 0 fully saturated rings.